The van der Waals surface area contributed by atoms with Gasteiger partial charge in [0.15, 0.2) is 0 Å². The normalized spacial score (nSPS) is 13.1. The third-order valence-corrected chi connectivity index (χ3v) is 5.47. The predicted octanol–water partition coefficient (Wildman–Crippen LogP) is 3.63. The third kappa shape index (κ3) is 5.05. The lowest BCUT2D eigenvalue weighted by Crippen LogP contribution is -2.50. The summed E-state index contributed by atoms with van der Waals surface area (Å²) in [5.41, 5.74) is 4.49. The van der Waals surface area contributed by atoms with Crippen molar-refractivity contribution in [3.8, 4) is 11.1 Å². The Morgan fingerprint density at radius 2 is 1.61 bits per heavy atom. The van der Waals surface area contributed by atoms with Crippen molar-refractivity contribution in [1.29, 1.82) is 0 Å². The Morgan fingerprint density at radius 3 is 2.13 bits per heavy atom. The maximum absolute atomic E-state index is 12.7. The Morgan fingerprint density at radius 1 is 1.03 bits per heavy atom. The zero-order valence-electron chi connectivity index (χ0n) is 17.8. The quantitative estimate of drug-likeness (QED) is 0.641. The van der Waals surface area contributed by atoms with Crippen molar-refractivity contribution in [1.82, 2.24) is 10.2 Å². The van der Waals surface area contributed by atoms with Crippen molar-refractivity contribution < 1.29 is 24.2 Å². The van der Waals surface area contributed by atoms with Crippen molar-refractivity contribution in [2.24, 2.45) is 0 Å². The lowest BCUT2D eigenvalue weighted by Gasteiger charge is -2.25. The molecule has 164 valence electrons. The maximum Gasteiger partial charge on any atom is 0.407 e. The molecule has 1 aliphatic rings. The van der Waals surface area contributed by atoms with Crippen molar-refractivity contribution in [3.63, 3.8) is 0 Å². The summed E-state index contributed by atoms with van der Waals surface area (Å²) >= 11 is 0. The van der Waals surface area contributed by atoms with Crippen LogP contribution in [0, 0.1) is 0 Å². The highest BCUT2D eigenvalue weighted by Crippen LogP contribution is 2.44. The Kier molecular flexibility index (Phi) is 7.28. The molecule has 7 nitrogen and oxygen atoms in total. The topological polar surface area (TPSA) is 95.9 Å². The van der Waals surface area contributed by atoms with E-state index in [0.29, 0.717) is 19.4 Å². The number of nitrogens with one attached hydrogen (secondary N) is 1. The molecule has 0 spiro atoms. The molecule has 0 fully saturated rings. The van der Waals surface area contributed by atoms with Gasteiger partial charge < -0.3 is 20.1 Å². The summed E-state index contributed by atoms with van der Waals surface area (Å²) in [5, 5.41) is 11.7. The van der Waals surface area contributed by atoms with Crippen LogP contribution >= 0.6 is 0 Å². The molecule has 0 heterocycles. The highest BCUT2D eigenvalue weighted by molar-refractivity contribution is 5.88. The second-order valence-corrected chi connectivity index (χ2v) is 7.58. The first kappa shape index (κ1) is 22.3. The zero-order valence-corrected chi connectivity index (χ0v) is 17.8. The molecule has 1 aliphatic carbocycles. The molecule has 7 heteroatoms. The fourth-order valence-corrected chi connectivity index (χ4v) is 4.04. The number of nitrogens with zero attached hydrogens (tertiary/aromatic N) is 1. The molecule has 0 saturated carbocycles. The molecular weight excluding hydrogens is 396 g/mol. The number of fused-ring (bicyclic) bond motifs is 3. The first-order chi connectivity index (χ1) is 15.0. The van der Waals surface area contributed by atoms with Crippen LogP contribution in [-0.4, -0.2) is 53.7 Å². The maximum atomic E-state index is 12.7. The molecule has 0 aliphatic heterocycles. The van der Waals surface area contributed by atoms with Gasteiger partial charge >= 0.3 is 12.1 Å². The van der Waals surface area contributed by atoms with E-state index < -0.39 is 30.6 Å². The van der Waals surface area contributed by atoms with Gasteiger partial charge in [0.05, 0.1) is 0 Å². The third-order valence-electron chi connectivity index (χ3n) is 5.47. The van der Waals surface area contributed by atoms with Gasteiger partial charge in [0.2, 0.25) is 5.91 Å². The molecule has 31 heavy (non-hydrogen) atoms. The van der Waals surface area contributed by atoms with Crippen LogP contribution in [0.1, 0.15) is 43.7 Å². The Labute approximate surface area is 182 Å². The Hall–Kier alpha value is -3.35. The number of hydrogen-bond donors (Lipinski definition) is 2. The molecule has 0 bridgehead atoms. The van der Waals surface area contributed by atoms with E-state index in [4.69, 9.17) is 9.84 Å². The smallest absolute Gasteiger partial charge is 0.407 e. The molecule has 0 radical (unpaired) electrons. The van der Waals surface area contributed by atoms with Gasteiger partial charge in [-0.05, 0) is 35.1 Å². The molecule has 2 aromatic rings. The minimum atomic E-state index is -1.09. The van der Waals surface area contributed by atoms with Crippen LogP contribution in [0.25, 0.3) is 11.1 Å². The number of carbonyl (C=O) groups is 3. The summed E-state index contributed by atoms with van der Waals surface area (Å²) in [6.07, 6.45) is 0.275. The lowest BCUT2D eigenvalue weighted by molar-refractivity contribution is -0.145. The second kappa shape index (κ2) is 10.1. The van der Waals surface area contributed by atoms with Gasteiger partial charge in [0, 0.05) is 12.5 Å². The van der Waals surface area contributed by atoms with Gasteiger partial charge in [0.25, 0.3) is 0 Å². The van der Waals surface area contributed by atoms with Crippen LogP contribution in [-0.2, 0) is 14.3 Å². The van der Waals surface area contributed by atoms with E-state index in [2.05, 4.69) is 17.4 Å². The van der Waals surface area contributed by atoms with Crippen LogP contribution in [0.4, 0.5) is 4.79 Å². The fraction of sp³-hybridized carbons (Fsp3) is 0.375. The van der Waals surface area contributed by atoms with Crippen LogP contribution in [0.3, 0.4) is 0 Å². The summed E-state index contributed by atoms with van der Waals surface area (Å²) < 4.78 is 5.51. The molecule has 3 rings (SSSR count). The fourth-order valence-electron chi connectivity index (χ4n) is 4.04. The largest absolute Gasteiger partial charge is 0.480 e. The summed E-state index contributed by atoms with van der Waals surface area (Å²) in [7, 11) is 0. The predicted molar refractivity (Wildman–Crippen MR) is 117 cm³/mol. The van der Waals surface area contributed by atoms with Crippen molar-refractivity contribution >= 4 is 18.0 Å². The van der Waals surface area contributed by atoms with Crippen molar-refractivity contribution in [2.75, 3.05) is 19.7 Å². The number of carboxylic acids is 1. The van der Waals surface area contributed by atoms with Gasteiger partial charge in [-0.15, -0.1) is 0 Å². The summed E-state index contributed by atoms with van der Waals surface area (Å²) in [5.74, 6) is -1.57. The number of alkyl carbamates (subject to hydrolysis) is 1. The highest BCUT2D eigenvalue weighted by Gasteiger charge is 2.30. The van der Waals surface area contributed by atoms with Gasteiger partial charge in [-0.25, -0.2) is 4.79 Å². The van der Waals surface area contributed by atoms with Crippen LogP contribution in [0.2, 0.25) is 0 Å². The van der Waals surface area contributed by atoms with E-state index in [0.717, 1.165) is 22.3 Å². The van der Waals surface area contributed by atoms with E-state index in [9.17, 15) is 14.4 Å². The number of amides is 2. The first-order valence-electron chi connectivity index (χ1n) is 10.6. The van der Waals surface area contributed by atoms with Gasteiger partial charge in [0.1, 0.15) is 19.2 Å². The number of rotatable bonds is 9. The lowest BCUT2D eigenvalue weighted by atomic mass is 9.98. The number of carboxylic acid groups (broad SMARTS) is 1. The minimum Gasteiger partial charge on any atom is -0.480 e. The SMILES string of the molecule is CCCN(CC(=O)O)C(=O)[C@@H](CC)NC(=O)OCC1c2ccccc2-c2ccccc21. The van der Waals surface area contributed by atoms with Gasteiger partial charge in [-0.2, -0.15) is 0 Å². The summed E-state index contributed by atoms with van der Waals surface area (Å²) in [6, 6.07) is 15.3. The molecular formula is C24H28N2O5. The van der Waals surface area contributed by atoms with E-state index in [1.807, 2.05) is 43.3 Å². The average Bonchev–Trinajstić information content (AvgIpc) is 3.09. The summed E-state index contributed by atoms with van der Waals surface area (Å²) in [6.45, 7) is 3.70. The van der Waals surface area contributed by atoms with E-state index in [-0.39, 0.29) is 12.5 Å². The number of carbonyl (C=O) groups excluding carboxylic acids is 2. The van der Waals surface area contributed by atoms with E-state index in [1.54, 1.807) is 6.92 Å². The van der Waals surface area contributed by atoms with Gasteiger partial charge in [-0.3, -0.25) is 9.59 Å². The number of benzene rings is 2. The van der Waals surface area contributed by atoms with Crippen LogP contribution in [0.5, 0.6) is 0 Å². The number of ether oxygens (including phenoxy) is 1. The van der Waals surface area contributed by atoms with Crippen LogP contribution < -0.4 is 5.32 Å². The molecule has 2 amide bonds. The molecule has 0 aromatic heterocycles. The standard InChI is InChI=1S/C24H28N2O5/c1-3-13-26(14-22(27)28)23(29)21(4-2)25-24(30)31-15-20-18-11-7-5-9-16(18)17-10-6-8-12-19(17)20/h5-12,20-21H,3-4,13-15H2,1-2H3,(H,25,30)(H,27,28)/t21-/m1/s1. The second-order valence-electron chi connectivity index (χ2n) is 7.58. The average molecular weight is 424 g/mol. The van der Waals surface area contributed by atoms with Crippen molar-refractivity contribution in [3.05, 3.63) is 59.7 Å². The molecule has 0 saturated heterocycles. The minimum absolute atomic E-state index is 0.0717. The molecule has 2 N–H and O–H groups in total. The van der Waals surface area contributed by atoms with Crippen LogP contribution in [0.15, 0.2) is 48.5 Å². The molecule has 2 aromatic carbocycles. The zero-order chi connectivity index (χ0) is 22.4. The van der Waals surface area contributed by atoms with E-state index >= 15 is 0 Å². The highest BCUT2D eigenvalue weighted by atomic mass is 16.5. The summed E-state index contributed by atoms with van der Waals surface area (Å²) in [4.78, 5) is 37.5. The Balaban J connectivity index is 1.65. The Bertz CT molecular complexity index is 913. The van der Waals surface area contributed by atoms with Gasteiger partial charge in [-0.1, -0.05) is 62.4 Å². The molecule has 1 atom stereocenters. The molecule has 0 unspecified atom stereocenters. The van der Waals surface area contributed by atoms with Crippen molar-refractivity contribution in [2.45, 2.75) is 38.6 Å². The van der Waals surface area contributed by atoms with E-state index in [1.165, 1.54) is 4.90 Å². The monoisotopic (exact) mass is 424 g/mol. The number of aliphatic carboxylic acids is 1. The first-order valence-corrected chi connectivity index (χ1v) is 10.6. The number of hydrogen-bond acceptors (Lipinski definition) is 4.